The third-order valence-corrected chi connectivity index (χ3v) is 6.32. The van der Waals surface area contributed by atoms with E-state index in [2.05, 4.69) is 11.4 Å². The molecule has 3 unspecified atom stereocenters. The van der Waals surface area contributed by atoms with E-state index in [0.29, 0.717) is 37.6 Å². The van der Waals surface area contributed by atoms with Crippen molar-refractivity contribution in [1.82, 2.24) is 0 Å². The molecule has 2 aromatic rings. The highest BCUT2D eigenvalue weighted by Crippen LogP contribution is 2.45. The Morgan fingerprint density at radius 3 is 2.79 bits per heavy atom. The maximum atomic E-state index is 12.2. The Morgan fingerprint density at radius 2 is 2.03 bits per heavy atom. The van der Waals surface area contributed by atoms with Crippen molar-refractivity contribution in [3.8, 4) is 11.5 Å². The maximum absolute atomic E-state index is 12.2. The molecule has 0 aromatic heterocycles. The van der Waals surface area contributed by atoms with Gasteiger partial charge in [0.05, 0.1) is 44.6 Å². The van der Waals surface area contributed by atoms with Crippen LogP contribution in [0.2, 0.25) is 0 Å². The molecule has 4 rings (SSSR count). The SMILES string of the molecule is CCOc1cc2c(cc1OC)C(c1cccc(NC(=O)CCOC)c1)=NC1CCC(O)CC21. The third-order valence-electron chi connectivity index (χ3n) is 6.32. The largest absolute Gasteiger partial charge is 0.493 e. The van der Waals surface area contributed by atoms with Gasteiger partial charge in [-0.1, -0.05) is 12.1 Å². The van der Waals surface area contributed by atoms with Gasteiger partial charge in [-0.3, -0.25) is 9.79 Å². The first-order chi connectivity index (χ1) is 16.0. The highest BCUT2D eigenvalue weighted by molar-refractivity contribution is 6.15. The fourth-order valence-corrected chi connectivity index (χ4v) is 4.76. The lowest BCUT2D eigenvalue weighted by atomic mass is 9.74. The summed E-state index contributed by atoms with van der Waals surface area (Å²) in [6.45, 7) is 2.87. The molecular weight excluding hydrogens is 420 g/mol. The van der Waals surface area contributed by atoms with Crippen molar-refractivity contribution >= 4 is 17.3 Å². The molecule has 0 spiro atoms. The van der Waals surface area contributed by atoms with E-state index in [9.17, 15) is 9.90 Å². The smallest absolute Gasteiger partial charge is 0.226 e. The van der Waals surface area contributed by atoms with E-state index in [1.165, 1.54) is 0 Å². The molecule has 1 aliphatic heterocycles. The minimum absolute atomic E-state index is 0.0932. The number of anilines is 1. The molecule has 7 heteroatoms. The molecule has 0 bridgehead atoms. The number of fused-ring (bicyclic) bond motifs is 3. The summed E-state index contributed by atoms with van der Waals surface area (Å²) in [7, 11) is 3.21. The summed E-state index contributed by atoms with van der Waals surface area (Å²) in [6, 6.07) is 11.9. The summed E-state index contributed by atoms with van der Waals surface area (Å²) in [5.74, 6) is 1.40. The number of rotatable bonds is 8. The first-order valence-electron chi connectivity index (χ1n) is 11.5. The Labute approximate surface area is 194 Å². The van der Waals surface area contributed by atoms with Crippen LogP contribution in [0.25, 0.3) is 0 Å². The lowest BCUT2D eigenvalue weighted by molar-refractivity contribution is -0.117. The van der Waals surface area contributed by atoms with Crippen LogP contribution >= 0.6 is 0 Å². The van der Waals surface area contributed by atoms with Crippen LogP contribution < -0.4 is 14.8 Å². The van der Waals surface area contributed by atoms with Crippen LogP contribution in [-0.4, -0.2) is 56.3 Å². The van der Waals surface area contributed by atoms with Gasteiger partial charge in [-0.2, -0.15) is 0 Å². The van der Waals surface area contributed by atoms with Gasteiger partial charge in [-0.15, -0.1) is 0 Å². The van der Waals surface area contributed by atoms with E-state index in [0.717, 1.165) is 40.9 Å². The number of hydrogen-bond acceptors (Lipinski definition) is 6. The van der Waals surface area contributed by atoms with E-state index in [1.54, 1.807) is 14.2 Å². The van der Waals surface area contributed by atoms with Crippen LogP contribution in [0, 0.1) is 0 Å². The molecule has 33 heavy (non-hydrogen) atoms. The minimum Gasteiger partial charge on any atom is -0.493 e. The lowest BCUT2D eigenvalue weighted by Gasteiger charge is -2.37. The fraction of sp³-hybridized carbons (Fsp3) is 0.462. The Balaban J connectivity index is 1.75. The molecule has 1 heterocycles. The Kier molecular flexibility index (Phi) is 7.30. The average molecular weight is 453 g/mol. The van der Waals surface area contributed by atoms with Crippen molar-refractivity contribution in [1.29, 1.82) is 0 Å². The molecule has 176 valence electrons. The number of amides is 1. The summed E-state index contributed by atoms with van der Waals surface area (Å²) in [6.07, 6.45) is 2.24. The molecule has 0 saturated heterocycles. The predicted octanol–water partition coefficient (Wildman–Crippen LogP) is 3.92. The number of carbonyl (C=O) groups is 1. The van der Waals surface area contributed by atoms with Gasteiger partial charge in [-0.25, -0.2) is 0 Å². The number of nitrogens with zero attached hydrogens (tertiary/aromatic N) is 1. The van der Waals surface area contributed by atoms with E-state index < -0.39 is 0 Å². The van der Waals surface area contributed by atoms with Crippen molar-refractivity contribution < 1.29 is 24.1 Å². The second-order valence-corrected chi connectivity index (χ2v) is 8.51. The van der Waals surface area contributed by atoms with Crippen molar-refractivity contribution in [2.24, 2.45) is 4.99 Å². The number of aliphatic hydroxyl groups is 1. The molecule has 0 radical (unpaired) electrons. The zero-order valence-corrected chi connectivity index (χ0v) is 19.5. The molecule has 2 aromatic carbocycles. The molecule has 1 saturated carbocycles. The van der Waals surface area contributed by atoms with E-state index in [4.69, 9.17) is 19.2 Å². The standard InChI is InChI=1S/C26H32N2O5/c1-4-33-24-14-19-20-13-18(29)8-9-22(20)28-26(21(19)15-23(24)32-3)16-6-5-7-17(12-16)27-25(30)10-11-31-2/h5-7,12,14-15,18,20,22,29H,4,8-11,13H2,1-3H3,(H,27,30). The van der Waals surface area contributed by atoms with Gasteiger partial charge in [-0.05, 0) is 56.0 Å². The number of aliphatic hydroxyl groups excluding tert-OH is 1. The van der Waals surface area contributed by atoms with Crippen molar-refractivity contribution in [2.45, 2.75) is 50.7 Å². The molecule has 3 atom stereocenters. The highest BCUT2D eigenvalue weighted by Gasteiger charge is 2.37. The lowest BCUT2D eigenvalue weighted by Crippen LogP contribution is -2.34. The Bertz CT molecular complexity index is 1040. The minimum atomic E-state index is -0.320. The second-order valence-electron chi connectivity index (χ2n) is 8.51. The van der Waals surface area contributed by atoms with Crippen molar-refractivity contribution in [3.05, 3.63) is 53.1 Å². The van der Waals surface area contributed by atoms with E-state index >= 15 is 0 Å². The molecule has 7 nitrogen and oxygen atoms in total. The number of nitrogens with one attached hydrogen (secondary N) is 1. The predicted molar refractivity (Wildman–Crippen MR) is 128 cm³/mol. The Morgan fingerprint density at radius 1 is 1.18 bits per heavy atom. The molecule has 1 amide bonds. The van der Waals surface area contributed by atoms with Gasteiger partial charge >= 0.3 is 0 Å². The molecule has 2 aliphatic rings. The summed E-state index contributed by atoms with van der Waals surface area (Å²) < 4.78 is 16.5. The van der Waals surface area contributed by atoms with Crippen LogP contribution in [0.1, 0.15) is 55.2 Å². The second kappa shape index (κ2) is 10.4. The highest BCUT2D eigenvalue weighted by atomic mass is 16.5. The van der Waals surface area contributed by atoms with Crippen LogP contribution in [-0.2, 0) is 9.53 Å². The van der Waals surface area contributed by atoms with Gasteiger partial charge in [0.1, 0.15) is 0 Å². The normalized spacial score (nSPS) is 21.5. The molecule has 2 N–H and O–H groups in total. The number of ether oxygens (including phenoxy) is 3. The van der Waals surface area contributed by atoms with Crippen LogP contribution in [0.5, 0.6) is 11.5 Å². The third kappa shape index (κ3) is 5.04. The van der Waals surface area contributed by atoms with E-state index in [-0.39, 0.29) is 24.0 Å². The fourth-order valence-electron chi connectivity index (χ4n) is 4.76. The van der Waals surface area contributed by atoms with Gasteiger partial charge < -0.3 is 24.6 Å². The topological polar surface area (TPSA) is 89.4 Å². The number of methoxy groups -OCH3 is 2. The monoisotopic (exact) mass is 452 g/mol. The summed E-state index contributed by atoms with van der Waals surface area (Å²) in [5.41, 5.74) is 4.63. The van der Waals surface area contributed by atoms with Crippen molar-refractivity contribution in [3.63, 3.8) is 0 Å². The van der Waals surface area contributed by atoms with Gasteiger partial charge in [0.2, 0.25) is 5.91 Å². The quantitative estimate of drug-likeness (QED) is 0.634. The molecule has 1 aliphatic carbocycles. The van der Waals surface area contributed by atoms with Gasteiger partial charge in [0.25, 0.3) is 0 Å². The number of aliphatic imine (C=N–C) groups is 1. The Hall–Kier alpha value is -2.90. The maximum Gasteiger partial charge on any atom is 0.226 e. The van der Waals surface area contributed by atoms with Crippen LogP contribution in [0.3, 0.4) is 0 Å². The first-order valence-corrected chi connectivity index (χ1v) is 11.5. The number of carbonyl (C=O) groups excluding carboxylic acids is 1. The summed E-state index contributed by atoms with van der Waals surface area (Å²) >= 11 is 0. The number of benzene rings is 2. The average Bonchev–Trinajstić information content (AvgIpc) is 2.82. The van der Waals surface area contributed by atoms with Crippen molar-refractivity contribution in [2.75, 3.05) is 32.8 Å². The van der Waals surface area contributed by atoms with Gasteiger partial charge in [0.15, 0.2) is 11.5 Å². The number of hydrogen-bond donors (Lipinski definition) is 2. The summed E-state index contributed by atoms with van der Waals surface area (Å²) in [5, 5.41) is 13.3. The van der Waals surface area contributed by atoms with Crippen LogP contribution in [0.4, 0.5) is 5.69 Å². The summed E-state index contributed by atoms with van der Waals surface area (Å²) in [4.78, 5) is 17.3. The van der Waals surface area contributed by atoms with E-state index in [1.807, 2.05) is 37.3 Å². The van der Waals surface area contributed by atoms with Gasteiger partial charge in [0, 0.05) is 29.8 Å². The van der Waals surface area contributed by atoms with Crippen LogP contribution in [0.15, 0.2) is 41.4 Å². The zero-order valence-electron chi connectivity index (χ0n) is 19.5. The molecule has 1 fully saturated rings. The first kappa shape index (κ1) is 23.3. The molecular formula is C26H32N2O5. The zero-order chi connectivity index (χ0) is 23.4.